The van der Waals surface area contributed by atoms with Gasteiger partial charge in [0.05, 0.1) is 11.5 Å². The lowest BCUT2D eigenvalue weighted by molar-refractivity contribution is 0.190. The second-order valence-corrected chi connectivity index (χ2v) is 6.02. The van der Waals surface area contributed by atoms with Crippen LogP contribution in [0.25, 0.3) is 0 Å². The lowest BCUT2D eigenvalue weighted by Crippen LogP contribution is -2.30. The maximum Gasteiger partial charge on any atom is 0.238 e. The summed E-state index contributed by atoms with van der Waals surface area (Å²) in [5.41, 5.74) is 1.09. The summed E-state index contributed by atoms with van der Waals surface area (Å²) < 4.78 is 27.4. The summed E-state index contributed by atoms with van der Waals surface area (Å²) in [4.78, 5) is 0.156. The van der Waals surface area contributed by atoms with Crippen molar-refractivity contribution in [2.45, 2.75) is 23.8 Å². The molecule has 0 aromatic heterocycles. The van der Waals surface area contributed by atoms with Crippen LogP contribution >= 0.6 is 0 Å². The van der Waals surface area contributed by atoms with Gasteiger partial charge < -0.3 is 10.1 Å². The number of nitrogens with two attached hydrogens (primary N) is 1. The smallest absolute Gasteiger partial charge is 0.238 e. The molecule has 0 spiro atoms. The summed E-state index contributed by atoms with van der Waals surface area (Å²) in [7, 11) is -3.59. The zero-order valence-electron chi connectivity index (χ0n) is 10.1. The third-order valence-electron chi connectivity index (χ3n) is 3.03. The number of hydrogen-bond donors (Lipinski definition) is 2. The molecule has 2 rings (SSSR count). The van der Waals surface area contributed by atoms with E-state index in [0.717, 1.165) is 38.2 Å². The molecule has 1 aliphatic heterocycles. The van der Waals surface area contributed by atoms with Gasteiger partial charge in [0.15, 0.2) is 0 Å². The number of rotatable bonds is 5. The minimum absolute atomic E-state index is 0.156. The van der Waals surface area contributed by atoms with E-state index in [-0.39, 0.29) is 4.90 Å². The lowest BCUT2D eigenvalue weighted by atomic mass is 10.1. The Labute approximate surface area is 107 Å². The van der Waals surface area contributed by atoms with E-state index >= 15 is 0 Å². The minimum Gasteiger partial charge on any atom is -0.380 e. The first-order chi connectivity index (χ1) is 8.55. The fourth-order valence-electron chi connectivity index (χ4n) is 1.96. The Balaban J connectivity index is 1.83. The highest BCUT2D eigenvalue weighted by atomic mass is 32.2. The van der Waals surface area contributed by atoms with E-state index in [9.17, 15) is 8.42 Å². The fraction of sp³-hybridized carbons (Fsp3) is 0.500. The average Bonchev–Trinajstić information content (AvgIpc) is 2.82. The van der Waals surface area contributed by atoms with Crippen molar-refractivity contribution in [3.8, 4) is 0 Å². The van der Waals surface area contributed by atoms with Crippen molar-refractivity contribution >= 4 is 10.0 Å². The van der Waals surface area contributed by atoms with Crippen molar-refractivity contribution in [2.75, 3.05) is 19.8 Å². The predicted molar refractivity (Wildman–Crippen MR) is 68.7 cm³/mol. The minimum atomic E-state index is -3.59. The van der Waals surface area contributed by atoms with Gasteiger partial charge in [-0.2, -0.15) is 0 Å². The molecule has 1 aromatic rings. The van der Waals surface area contributed by atoms with Crippen LogP contribution in [0.5, 0.6) is 0 Å². The zero-order valence-corrected chi connectivity index (χ0v) is 10.9. The lowest BCUT2D eigenvalue weighted by Gasteiger charge is -2.10. The van der Waals surface area contributed by atoms with Gasteiger partial charge in [-0.15, -0.1) is 0 Å². The Kier molecular flexibility index (Phi) is 4.34. The number of benzene rings is 1. The Morgan fingerprint density at radius 3 is 2.61 bits per heavy atom. The molecule has 0 radical (unpaired) electrons. The summed E-state index contributed by atoms with van der Waals surface area (Å²) in [6.45, 7) is 2.48. The van der Waals surface area contributed by atoms with E-state index in [2.05, 4.69) is 5.32 Å². The van der Waals surface area contributed by atoms with Crippen LogP contribution in [0.4, 0.5) is 0 Å². The number of nitrogens with one attached hydrogen (secondary N) is 1. The largest absolute Gasteiger partial charge is 0.380 e. The second kappa shape index (κ2) is 5.79. The number of primary sulfonamides is 1. The first kappa shape index (κ1) is 13.5. The summed E-state index contributed by atoms with van der Waals surface area (Å²) >= 11 is 0. The van der Waals surface area contributed by atoms with E-state index < -0.39 is 10.0 Å². The number of ether oxygens (including phenoxy) is 1. The van der Waals surface area contributed by atoms with Gasteiger partial charge in [-0.25, -0.2) is 13.6 Å². The average molecular weight is 270 g/mol. The number of sulfonamides is 1. The topological polar surface area (TPSA) is 81.4 Å². The molecule has 0 amide bonds. The maximum absolute atomic E-state index is 11.1. The van der Waals surface area contributed by atoms with Gasteiger partial charge in [0.1, 0.15) is 0 Å². The van der Waals surface area contributed by atoms with Crippen LogP contribution in [0.1, 0.15) is 12.0 Å². The van der Waals surface area contributed by atoms with Crippen molar-refractivity contribution in [2.24, 2.45) is 5.14 Å². The molecule has 1 aliphatic rings. The highest BCUT2D eigenvalue weighted by Crippen LogP contribution is 2.09. The van der Waals surface area contributed by atoms with Crippen LogP contribution in [0.2, 0.25) is 0 Å². The van der Waals surface area contributed by atoms with Crippen LogP contribution in [0.3, 0.4) is 0 Å². The van der Waals surface area contributed by atoms with Gasteiger partial charge in [-0.1, -0.05) is 12.1 Å². The van der Waals surface area contributed by atoms with Crippen molar-refractivity contribution in [3.63, 3.8) is 0 Å². The van der Waals surface area contributed by atoms with E-state index in [0.29, 0.717) is 6.04 Å². The molecule has 1 atom stereocenters. The van der Waals surface area contributed by atoms with E-state index in [4.69, 9.17) is 9.88 Å². The van der Waals surface area contributed by atoms with Crippen molar-refractivity contribution < 1.29 is 13.2 Å². The van der Waals surface area contributed by atoms with Crippen LogP contribution in [-0.2, 0) is 21.2 Å². The summed E-state index contributed by atoms with van der Waals surface area (Å²) in [5, 5.41) is 8.44. The number of hydrogen-bond acceptors (Lipinski definition) is 4. The molecule has 0 aliphatic carbocycles. The van der Waals surface area contributed by atoms with Crippen molar-refractivity contribution in [3.05, 3.63) is 29.8 Å². The van der Waals surface area contributed by atoms with Gasteiger partial charge in [-0.05, 0) is 37.1 Å². The maximum atomic E-state index is 11.1. The monoisotopic (exact) mass is 270 g/mol. The molecular formula is C12H18N2O3S. The first-order valence-electron chi connectivity index (χ1n) is 5.98. The molecule has 0 unspecified atom stereocenters. The predicted octanol–water partition coefficient (Wildman–Crippen LogP) is 0.255. The molecule has 1 saturated heterocycles. The molecule has 1 fully saturated rings. The fourth-order valence-corrected chi connectivity index (χ4v) is 2.48. The third kappa shape index (κ3) is 3.78. The molecule has 1 heterocycles. The summed E-state index contributed by atoms with van der Waals surface area (Å²) in [6.07, 6.45) is 1.92. The molecule has 0 saturated carbocycles. The normalized spacial score (nSPS) is 20.2. The van der Waals surface area contributed by atoms with Crippen LogP contribution in [0, 0.1) is 0 Å². The highest BCUT2D eigenvalue weighted by molar-refractivity contribution is 7.89. The van der Waals surface area contributed by atoms with Gasteiger partial charge in [0.25, 0.3) is 0 Å². The molecule has 1 aromatic carbocycles. The van der Waals surface area contributed by atoms with Gasteiger partial charge >= 0.3 is 0 Å². The summed E-state index contributed by atoms with van der Waals surface area (Å²) in [5.74, 6) is 0. The molecule has 0 bridgehead atoms. The molecule has 3 N–H and O–H groups in total. The highest BCUT2D eigenvalue weighted by Gasteiger charge is 2.14. The van der Waals surface area contributed by atoms with Crippen molar-refractivity contribution in [1.82, 2.24) is 5.32 Å². The Bertz CT molecular complexity index is 479. The second-order valence-electron chi connectivity index (χ2n) is 4.45. The van der Waals surface area contributed by atoms with E-state index in [1.54, 1.807) is 24.3 Å². The standard InChI is InChI=1S/C12H18N2O3S/c13-18(15,16)12-3-1-10(2-4-12)5-7-14-11-6-8-17-9-11/h1-4,11,14H,5-9H2,(H2,13,15,16)/t11-/m0/s1. The molecule has 6 heteroatoms. The quantitative estimate of drug-likeness (QED) is 0.804. The third-order valence-corrected chi connectivity index (χ3v) is 3.96. The molecule has 100 valence electrons. The SMILES string of the molecule is NS(=O)(=O)c1ccc(CCN[C@H]2CCOC2)cc1. The van der Waals surface area contributed by atoms with Gasteiger partial charge in [0, 0.05) is 12.6 Å². The van der Waals surface area contributed by atoms with Gasteiger partial charge in [-0.3, -0.25) is 0 Å². The molecular weight excluding hydrogens is 252 g/mol. The van der Waals surface area contributed by atoms with Crippen molar-refractivity contribution in [1.29, 1.82) is 0 Å². The van der Waals surface area contributed by atoms with Crippen LogP contribution in [-0.4, -0.2) is 34.2 Å². The Morgan fingerprint density at radius 2 is 2.06 bits per heavy atom. The molecule has 5 nitrogen and oxygen atoms in total. The zero-order chi connectivity index (χ0) is 13.0. The molecule has 18 heavy (non-hydrogen) atoms. The van der Waals surface area contributed by atoms with E-state index in [1.165, 1.54) is 0 Å². The van der Waals surface area contributed by atoms with Gasteiger partial charge in [0.2, 0.25) is 10.0 Å². The van der Waals surface area contributed by atoms with E-state index in [1.807, 2.05) is 0 Å². The van der Waals surface area contributed by atoms with Crippen LogP contribution in [0.15, 0.2) is 29.2 Å². The Hall–Kier alpha value is -0.950. The Morgan fingerprint density at radius 1 is 1.33 bits per heavy atom. The summed E-state index contributed by atoms with van der Waals surface area (Å²) in [6, 6.07) is 7.14. The van der Waals surface area contributed by atoms with Crippen LogP contribution < -0.4 is 10.5 Å². The first-order valence-corrected chi connectivity index (χ1v) is 7.53.